The summed E-state index contributed by atoms with van der Waals surface area (Å²) in [6.07, 6.45) is 0. The predicted molar refractivity (Wildman–Crippen MR) is 49.9 cm³/mol. The standard InChI is InChI=1S/C9H8BrO2/c1-6-5-7(10)3-4-8(6)9(11)12-2/h3-5H,1H2,2H3. The number of hydrogen-bond acceptors (Lipinski definition) is 2. The number of esters is 1. The van der Waals surface area contributed by atoms with Crippen molar-refractivity contribution in [3.8, 4) is 0 Å². The first-order valence-electron chi connectivity index (χ1n) is 3.35. The summed E-state index contributed by atoms with van der Waals surface area (Å²) in [5.74, 6) is -0.354. The normalized spacial score (nSPS) is 9.58. The van der Waals surface area contributed by atoms with Crippen LogP contribution in [0.2, 0.25) is 0 Å². The third-order valence-electron chi connectivity index (χ3n) is 1.47. The van der Waals surface area contributed by atoms with Crippen LogP contribution in [0, 0.1) is 6.92 Å². The van der Waals surface area contributed by atoms with Crippen molar-refractivity contribution in [2.24, 2.45) is 0 Å². The number of carbonyl (C=O) groups excluding carboxylic acids is 1. The molecule has 0 aromatic heterocycles. The summed E-state index contributed by atoms with van der Waals surface area (Å²) in [6.45, 7) is 3.72. The third kappa shape index (κ3) is 1.85. The highest BCUT2D eigenvalue weighted by Crippen LogP contribution is 2.16. The Morgan fingerprint density at radius 3 is 2.75 bits per heavy atom. The van der Waals surface area contributed by atoms with Crippen LogP contribution in [0.1, 0.15) is 15.9 Å². The molecule has 0 unspecified atom stereocenters. The molecule has 0 N–H and O–H groups in total. The van der Waals surface area contributed by atoms with Crippen molar-refractivity contribution >= 4 is 21.9 Å². The zero-order chi connectivity index (χ0) is 9.14. The van der Waals surface area contributed by atoms with Gasteiger partial charge in [0.05, 0.1) is 12.7 Å². The van der Waals surface area contributed by atoms with Gasteiger partial charge in [0.1, 0.15) is 0 Å². The fourth-order valence-electron chi connectivity index (χ4n) is 0.871. The lowest BCUT2D eigenvalue weighted by Gasteiger charge is -2.02. The molecule has 0 aliphatic heterocycles. The summed E-state index contributed by atoms with van der Waals surface area (Å²) in [5.41, 5.74) is 1.16. The maximum atomic E-state index is 11.1. The minimum Gasteiger partial charge on any atom is -0.465 e. The topological polar surface area (TPSA) is 26.3 Å². The molecule has 0 saturated carbocycles. The van der Waals surface area contributed by atoms with Crippen LogP contribution >= 0.6 is 15.9 Å². The van der Waals surface area contributed by atoms with Crippen LogP contribution in [-0.2, 0) is 4.74 Å². The van der Waals surface area contributed by atoms with E-state index in [9.17, 15) is 4.79 Å². The Labute approximate surface area is 79.7 Å². The van der Waals surface area contributed by atoms with E-state index >= 15 is 0 Å². The fraction of sp³-hybridized carbons (Fsp3) is 0.111. The van der Waals surface area contributed by atoms with Crippen molar-refractivity contribution in [1.29, 1.82) is 0 Å². The summed E-state index contributed by atoms with van der Waals surface area (Å²) in [4.78, 5) is 11.1. The summed E-state index contributed by atoms with van der Waals surface area (Å²) < 4.78 is 5.47. The monoisotopic (exact) mass is 227 g/mol. The molecule has 63 valence electrons. The fourth-order valence-corrected chi connectivity index (χ4v) is 1.28. The Hall–Kier alpha value is -0.830. The lowest BCUT2D eigenvalue weighted by atomic mass is 10.1. The first kappa shape index (κ1) is 9.26. The molecule has 1 rings (SSSR count). The molecular formula is C9H8BrO2. The van der Waals surface area contributed by atoms with E-state index in [0.29, 0.717) is 11.1 Å². The van der Waals surface area contributed by atoms with Crippen LogP contribution in [0.15, 0.2) is 22.7 Å². The van der Waals surface area contributed by atoms with Crippen molar-refractivity contribution in [3.63, 3.8) is 0 Å². The van der Waals surface area contributed by atoms with E-state index in [2.05, 4.69) is 27.6 Å². The number of ether oxygens (including phenoxy) is 1. The van der Waals surface area contributed by atoms with Gasteiger partial charge in [0, 0.05) is 4.47 Å². The van der Waals surface area contributed by atoms with Crippen molar-refractivity contribution < 1.29 is 9.53 Å². The minimum absolute atomic E-state index is 0.354. The lowest BCUT2D eigenvalue weighted by Crippen LogP contribution is -2.03. The van der Waals surface area contributed by atoms with Gasteiger partial charge in [-0.15, -0.1) is 0 Å². The number of hydrogen-bond donors (Lipinski definition) is 0. The van der Waals surface area contributed by atoms with E-state index in [1.165, 1.54) is 7.11 Å². The van der Waals surface area contributed by atoms with Crippen LogP contribution in [-0.4, -0.2) is 13.1 Å². The van der Waals surface area contributed by atoms with Gasteiger partial charge >= 0.3 is 5.97 Å². The number of halogens is 1. The first-order valence-corrected chi connectivity index (χ1v) is 4.14. The minimum atomic E-state index is -0.354. The molecule has 1 aromatic rings. The van der Waals surface area contributed by atoms with Gasteiger partial charge in [0.2, 0.25) is 0 Å². The summed E-state index contributed by atoms with van der Waals surface area (Å²) in [6, 6.07) is 5.23. The van der Waals surface area contributed by atoms with Crippen LogP contribution in [0.3, 0.4) is 0 Å². The average molecular weight is 228 g/mol. The number of benzene rings is 1. The average Bonchev–Trinajstić information content (AvgIpc) is 2.03. The zero-order valence-electron chi connectivity index (χ0n) is 6.63. The highest BCUT2D eigenvalue weighted by atomic mass is 79.9. The Morgan fingerprint density at radius 1 is 1.58 bits per heavy atom. The van der Waals surface area contributed by atoms with Gasteiger partial charge in [0.15, 0.2) is 0 Å². The molecule has 0 spiro atoms. The molecule has 1 aromatic carbocycles. The molecule has 3 heteroatoms. The summed E-state index contributed by atoms with van der Waals surface area (Å²) in [7, 11) is 1.35. The Morgan fingerprint density at radius 2 is 2.25 bits per heavy atom. The van der Waals surface area contributed by atoms with Crippen molar-refractivity contribution in [3.05, 3.63) is 40.7 Å². The molecule has 1 radical (unpaired) electrons. The maximum absolute atomic E-state index is 11.1. The van der Waals surface area contributed by atoms with Gasteiger partial charge in [-0.25, -0.2) is 4.79 Å². The predicted octanol–water partition coefficient (Wildman–Crippen LogP) is 2.42. The highest BCUT2D eigenvalue weighted by molar-refractivity contribution is 9.10. The first-order chi connectivity index (χ1) is 5.65. The molecule has 2 nitrogen and oxygen atoms in total. The quantitative estimate of drug-likeness (QED) is 0.690. The molecule has 0 bridgehead atoms. The van der Waals surface area contributed by atoms with E-state index in [-0.39, 0.29) is 5.97 Å². The van der Waals surface area contributed by atoms with Gasteiger partial charge < -0.3 is 4.74 Å². The lowest BCUT2D eigenvalue weighted by molar-refractivity contribution is 0.0600. The Balaban J connectivity index is 3.09. The maximum Gasteiger partial charge on any atom is 0.338 e. The second-order valence-electron chi connectivity index (χ2n) is 2.29. The Kier molecular flexibility index (Phi) is 2.87. The third-order valence-corrected chi connectivity index (χ3v) is 1.97. The van der Waals surface area contributed by atoms with E-state index < -0.39 is 0 Å². The number of rotatable bonds is 1. The SMILES string of the molecule is [CH2]c1cc(Br)ccc1C(=O)OC. The molecule has 12 heavy (non-hydrogen) atoms. The van der Waals surface area contributed by atoms with Gasteiger partial charge in [0.25, 0.3) is 0 Å². The van der Waals surface area contributed by atoms with Crippen LogP contribution in [0.4, 0.5) is 0 Å². The van der Waals surface area contributed by atoms with Gasteiger partial charge in [-0.1, -0.05) is 15.9 Å². The van der Waals surface area contributed by atoms with Crippen LogP contribution in [0.25, 0.3) is 0 Å². The largest absolute Gasteiger partial charge is 0.465 e. The van der Waals surface area contributed by atoms with Gasteiger partial charge in [-0.2, -0.15) is 0 Å². The van der Waals surface area contributed by atoms with E-state index in [4.69, 9.17) is 0 Å². The van der Waals surface area contributed by atoms with E-state index in [1.807, 2.05) is 0 Å². The van der Waals surface area contributed by atoms with E-state index in [1.54, 1.807) is 18.2 Å². The second kappa shape index (κ2) is 3.72. The molecule has 0 aliphatic carbocycles. The molecule has 0 amide bonds. The van der Waals surface area contributed by atoms with Gasteiger partial charge in [-0.05, 0) is 30.7 Å². The molecule has 0 atom stereocenters. The molecule has 0 saturated heterocycles. The van der Waals surface area contributed by atoms with Crippen molar-refractivity contribution in [2.75, 3.05) is 7.11 Å². The zero-order valence-corrected chi connectivity index (χ0v) is 8.22. The van der Waals surface area contributed by atoms with Crippen molar-refractivity contribution in [1.82, 2.24) is 0 Å². The van der Waals surface area contributed by atoms with Crippen LogP contribution < -0.4 is 0 Å². The number of methoxy groups -OCH3 is 1. The van der Waals surface area contributed by atoms with Crippen molar-refractivity contribution in [2.45, 2.75) is 0 Å². The Bertz CT molecular complexity index is 307. The second-order valence-corrected chi connectivity index (χ2v) is 3.21. The molecule has 0 heterocycles. The summed E-state index contributed by atoms with van der Waals surface area (Å²) >= 11 is 3.28. The van der Waals surface area contributed by atoms with E-state index in [0.717, 1.165) is 4.47 Å². The smallest absolute Gasteiger partial charge is 0.338 e. The van der Waals surface area contributed by atoms with Crippen LogP contribution in [0.5, 0.6) is 0 Å². The molecular weight excluding hydrogens is 220 g/mol. The molecule has 0 fully saturated rings. The number of carbonyl (C=O) groups is 1. The van der Waals surface area contributed by atoms with Gasteiger partial charge in [-0.3, -0.25) is 0 Å². The summed E-state index contributed by atoms with van der Waals surface area (Å²) in [5, 5.41) is 0. The highest BCUT2D eigenvalue weighted by Gasteiger charge is 2.07. The molecule has 0 aliphatic rings.